The summed E-state index contributed by atoms with van der Waals surface area (Å²) in [4.78, 5) is 45.8. The number of benzene rings is 1. The third-order valence-electron chi connectivity index (χ3n) is 6.05. The highest BCUT2D eigenvalue weighted by atomic mass is 32.1. The number of carbonyl (C=O) groups is 1. The van der Waals surface area contributed by atoms with E-state index in [1.807, 2.05) is 38.1 Å². The van der Waals surface area contributed by atoms with Crippen molar-refractivity contribution in [2.45, 2.75) is 46.2 Å². The van der Waals surface area contributed by atoms with E-state index < -0.39 is 16.8 Å². The van der Waals surface area contributed by atoms with Crippen LogP contribution in [0.4, 0.5) is 0 Å². The van der Waals surface area contributed by atoms with Gasteiger partial charge >= 0.3 is 5.69 Å². The zero-order valence-electron chi connectivity index (χ0n) is 20.4. The highest BCUT2D eigenvalue weighted by molar-refractivity contribution is 7.21. The quantitative estimate of drug-likeness (QED) is 0.454. The average molecular weight is 497 g/mol. The Morgan fingerprint density at radius 2 is 1.77 bits per heavy atom. The van der Waals surface area contributed by atoms with E-state index >= 15 is 0 Å². The van der Waals surface area contributed by atoms with E-state index in [1.165, 1.54) is 20.7 Å². The summed E-state index contributed by atoms with van der Waals surface area (Å²) >= 11 is 1.25. The van der Waals surface area contributed by atoms with Gasteiger partial charge in [0.1, 0.15) is 15.6 Å². The Bertz CT molecular complexity index is 1470. The summed E-state index contributed by atoms with van der Waals surface area (Å²) in [5.41, 5.74) is -0.293. The molecule has 35 heavy (non-hydrogen) atoms. The van der Waals surface area contributed by atoms with Crippen molar-refractivity contribution >= 4 is 27.5 Å². The van der Waals surface area contributed by atoms with E-state index in [0.717, 1.165) is 11.3 Å². The second-order valence-corrected chi connectivity index (χ2v) is 9.40. The number of carbonyl (C=O) groups excluding carboxylic acids is 1. The number of nitrogens with one attached hydrogen (secondary N) is 1. The molecule has 1 unspecified atom stereocenters. The number of hydrogen-bond acceptors (Lipinski definition) is 7. The van der Waals surface area contributed by atoms with Gasteiger partial charge in [0.2, 0.25) is 5.91 Å². The van der Waals surface area contributed by atoms with Gasteiger partial charge in [-0.3, -0.25) is 19.1 Å². The summed E-state index contributed by atoms with van der Waals surface area (Å²) in [5, 5.41) is 9.34. The van der Waals surface area contributed by atoms with Crippen LogP contribution in [0.3, 0.4) is 0 Å². The summed E-state index contributed by atoms with van der Waals surface area (Å²) in [6.45, 7) is 8.22. The molecule has 1 fully saturated rings. The third-order valence-corrected chi connectivity index (χ3v) is 7.22. The molecule has 5 rings (SSSR count). The van der Waals surface area contributed by atoms with Crippen LogP contribution in [0.1, 0.15) is 38.3 Å². The van der Waals surface area contributed by atoms with E-state index in [9.17, 15) is 14.4 Å². The average Bonchev–Trinajstić information content (AvgIpc) is 3.54. The zero-order chi connectivity index (χ0) is 25.3. The van der Waals surface area contributed by atoms with Gasteiger partial charge in [-0.1, -0.05) is 37.3 Å². The Labute approximate surface area is 205 Å². The number of H-pyrrole nitrogens is 1. The van der Waals surface area contributed by atoms with Crippen molar-refractivity contribution in [3.8, 4) is 10.8 Å². The maximum atomic E-state index is 13.5. The number of amides is 1. The predicted octanol–water partition coefficient (Wildman–Crippen LogP) is 2.82. The molecule has 0 saturated carbocycles. The lowest BCUT2D eigenvalue weighted by Crippen LogP contribution is -2.49. The van der Waals surface area contributed by atoms with Crippen LogP contribution in [-0.2, 0) is 16.9 Å². The number of nitrogens with zero attached hydrogens (tertiary/aromatic N) is 5. The molecule has 0 radical (unpaired) electrons. The van der Waals surface area contributed by atoms with Crippen LogP contribution in [-0.4, -0.2) is 49.0 Å². The lowest BCUT2D eigenvalue weighted by molar-refractivity contribution is -0.128. The number of thiophene rings is 1. The van der Waals surface area contributed by atoms with Gasteiger partial charge in [0, 0.05) is 18.7 Å². The highest BCUT2D eigenvalue weighted by Crippen LogP contribution is 2.32. The zero-order valence-corrected chi connectivity index (χ0v) is 21.2. The maximum absolute atomic E-state index is 13.5. The topological polar surface area (TPSA) is 115 Å². The number of likely N-dealkylation sites (tertiary alicyclic amines) is 1. The van der Waals surface area contributed by atoms with Crippen LogP contribution in [0.25, 0.3) is 15.2 Å². The first-order chi connectivity index (χ1) is 16.8. The first-order valence-electron chi connectivity index (χ1n) is 11.4. The molecule has 10 nitrogen and oxygen atoms in total. The Morgan fingerprint density at radius 1 is 1.11 bits per heavy atom. The minimum Gasteiger partial charge on any atom is -0.497 e. The molecule has 1 aliphatic rings. The smallest absolute Gasteiger partial charge is 0.330 e. The fourth-order valence-electron chi connectivity index (χ4n) is 4.44. The van der Waals surface area contributed by atoms with Gasteiger partial charge < -0.3 is 9.64 Å². The number of ether oxygens (including phenoxy) is 1. The summed E-state index contributed by atoms with van der Waals surface area (Å²) in [7, 11) is 1.60. The van der Waals surface area contributed by atoms with Gasteiger partial charge in [0.15, 0.2) is 0 Å². The molecule has 4 aromatic rings. The number of hydrogen-bond donors (Lipinski definition) is 1. The third kappa shape index (κ3) is 4.27. The van der Waals surface area contributed by atoms with Crippen LogP contribution in [0.5, 0.6) is 5.75 Å². The molecular weight excluding hydrogens is 468 g/mol. The van der Waals surface area contributed by atoms with Crippen LogP contribution in [0.2, 0.25) is 0 Å². The van der Waals surface area contributed by atoms with E-state index in [4.69, 9.17) is 4.74 Å². The number of aromatic amines is 1. The van der Waals surface area contributed by atoms with Crippen molar-refractivity contribution in [1.29, 1.82) is 0 Å². The van der Waals surface area contributed by atoms with E-state index in [0.29, 0.717) is 27.3 Å². The Hall–Kier alpha value is -3.73. The lowest BCUT2D eigenvalue weighted by Gasteiger charge is -2.26. The number of aromatic nitrogens is 5. The molecular formula is C24H28N6O4S. The van der Waals surface area contributed by atoms with Gasteiger partial charge in [0.05, 0.1) is 36.8 Å². The molecule has 1 atom stereocenters. The monoisotopic (exact) mass is 496 g/mol. The largest absolute Gasteiger partial charge is 0.497 e. The van der Waals surface area contributed by atoms with Crippen molar-refractivity contribution in [3.63, 3.8) is 0 Å². The first-order valence-corrected chi connectivity index (χ1v) is 12.2. The van der Waals surface area contributed by atoms with Crippen molar-refractivity contribution in [1.82, 2.24) is 29.4 Å². The molecule has 0 bridgehead atoms. The van der Waals surface area contributed by atoms with Gasteiger partial charge in [-0.05, 0) is 31.5 Å². The Kier molecular flexibility index (Phi) is 6.62. The number of fused-ring (bicyclic) bond motifs is 1. The molecule has 184 valence electrons. The molecule has 0 aliphatic carbocycles. The number of methoxy groups -OCH3 is 1. The standard InChI is InChI=1S/C22H22N6O4S.C2H6/c1-13-17-18(33-20(13)28-23-8-9-24-28)25-21(31)27(19(17)30)22(2)10-16(29)26(12-22)11-14-4-6-15(32-3)7-5-14;1-2/h4-9H,10-12H2,1-3H3,(H,25,31);1-2H3. The summed E-state index contributed by atoms with van der Waals surface area (Å²) in [6, 6.07) is 7.46. The summed E-state index contributed by atoms with van der Waals surface area (Å²) in [6.07, 6.45) is 3.16. The van der Waals surface area contributed by atoms with Crippen molar-refractivity contribution in [2.75, 3.05) is 13.7 Å². The minimum absolute atomic E-state index is 0.0639. The van der Waals surface area contributed by atoms with Gasteiger partial charge in [-0.2, -0.15) is 10.2 Å². The first kappa shape index (κ1) is 24.4. The molecule has 1 N–H and O–H groups in total. The highest BCUT2D eigenvalue weighted by Gasteiger charge is 2.43. The van der Waals surface area contributed by atoms with E-state index in [2.05, 4.69) is 15.2 Å². The van der Waals surface area contributed by atoms with Gasteiger partial charge in [-0.15, -0.1) is 4.80 Å². The minimum atomic E-state index is -0.971. The summed E-state index contributed by atoms with van der Waals surface area (Å²) in [5.74, 6) is 0.627. The maximum Gasteiger partial charge on any atom is 0.330 e. The molecule has 1 amide bonds. The molecule has 3 aromatic heterocycles. The molecule has 1 aliphatic heterocycles. The molecule has 1 aromatic carbocycles. The van der Waals surface area contributed by atoms with Crippen LogP contribution >= 0.6 is 11.3 Å². The van der Waals surface area contributed by atoms with Crippen LogP contribution < -0.4 is 16.0 Å². The normalized spacial score (nSPS) is 17.5. The fraction of sp³-hybridized carbons (Fsp3) is 0.375. The van der Waals surface area contributed by atoms with Crippen LogP contribution in [0, 0.1) is 6.92 Å². The van der Waals surface area contributed by atoms with Crippen molar-refractivity contribution in [3.05, 3.63) is 68.6 Å². The van der Waals surface area contributed by atoms with Crippen molar-refractivity contribution < 1.29 is 9.53 Å². The van der Waals surface area contributed by atoms with Gasteiger partial charge in [0.25, 0.3) is 5.56 Å². The SMILES string of the molecule is CC.COc1ccc(CN2CC(C)(n3c(=O)[nH]c4sc(-n5nccn5)c(C)c4c3=O)CC2=O)cc1. The van der Waals surface area contributed by atoms with Gasteiger partial charge in [-0.25, -0.2) is 4.79 Å². The Balaban J connectivity index is 0.00000141. The lowest BCUT2D eigenvalue weighted by atomic mass is 10.0. The molecule has 0 spiro atoms. The second kappa shape index (κ2) is 9.49. The fourth-order valence-corrected chi connectivity index (χ4v) is 5.55. The Morgan fingerprint density at radius 3 is 2.40 bits per heavy atom. The summed E-state index contributed by atoms with van der Waals surface area (Å²) < 4.78 is 6.38. The number of rotatable bonds is 5. The van der Waals surface area contributed by atoms with E-state index in [-0.39, 0.29) is 18.9 Å². The molecule has 4 heterocycles. The molecule has 1 saturated heterocycles. The second-order valence-electron chi connectivity index (χ2n) is 8.40. The van der Waals surface area contributed by atoms with Crippen molar-refractivity contribution in [2.24, 2.45) is 0 Å². The van der Waals surface area contributed by atoms with Crippen LogP contribution in [0.15, 0.2) is 46.2 Å². The number of aryl methyl sites for hydroxylation is 1. The van der Waals surface area contributed by atoms with E-state index in [1.54, 1.807) is 38.3 Å². The predicted molar refractivity (Wildman–Crippen MR) is 134 cm³/mol. The molecule has 11 heteroatoms.